The Morgan fingerprint density at radius 1 is 0.882 bits per heavy atom. The number of hydrogen-bond acceptors (Lipinski definition) is 6. The first-order chi connectivity index (χ1) is 16.7. The molecule has 7 nitrogen and oxygen atoms in total. The minimum absolute atomic E-state index is 0.390. The molecule has 2 aromatic heterocycles. The zero-order valence-corrected chi connectivity index (χ0v) is 20.4. The van der Waals surface area contributed by atoms with E-state index in [0.717, 1.165) is 74.6 Å². The number of aromatic nitrogens is 4. The van der Waals surface area contributed by atoms with Crippen LogP contribution in [-0.2, 0) is 13.1 Å². The molecule has 0 atom stereocenters. The Bertz CT molecular complexity index is 1120. The van der Waals surface area contributed by atoms with Gasteiger partial charge in [0, 0.05) is 49.9 Å². The molecule has 0 amide bonds. The SMILES string of the molecule is Clc1ccc2c(c1)CN(CCN1CCCC1)Cc1nnc(C3CCN(c4ccccn4)CC3)n1-2. The van der Waals surface area contributed by atoms with Gasteiger partial charge in [0.1, 0.15) is 11.6 Å². The highest BCUT2D eigenvalue weighted by Crippen LogP contribution is 2.34. The van der Waals surface area contributed by atoms with Crippen molar-refractivity contribution >= 4 is 17.4 Å². The zero-order valence-electron chi connectivity index (χ0n) is 19.6. The molecule has 0 bridgehead atoms. The molecule has 3 aliphatic rings. The second kappa shape index (κ2) is 9.64. The van der Waals surface area contributed by atoms with Crippen molar-refractivity contribution in [2.24, 2.45) is 0 Å². The molecule has 0 unspecified atom stereocenters. The van der Waals surface area contributed by atoms with Gasteiger partial charge in [-0.3, -0.25) is 9.47 Å². The fourth-order valence-electron chi connectivity index (χ4n) is 5.71. The molecule has 0 aliphatic carbocycles. The number of nitrogens with zero attached hydrogens (tertiary/aromatic N) is 7. The fourth-order valence-corrected chi connectivity index (χ4v) is 5.90. The average Bonchev–Trinajstić information content (AvgIpc) is 3.51. The number of hydrogen-bond donors (Lipinski definition) is 0. The van der Waals surface area contributed by atoms with E-state index in [2.05, 4.69) is 48.5 Å². The van der Waals surface area contributed by atoms with Crippen LogP contribution in [0.3, 0.4) is 0 Å². The number of pyridine rings is 1. The van der Waals surface area contributed by atoms with Crippen LogP contribution in [0.25, 0.3) is 5.69 Å². The van der Waals surface area contributed by atoms with Crippen LogP contribution < -0.4 is 4.90 Å². The second-order valence-electron chi connectivity index (χ2n) is 9.79. The van der Waals surface area contributed by atoms with Gasteiger partial charge in [0.2, 0.25) is 0 Å². The number of anilines is 1. The van der Waals surface area contributed by atoms with Crippen LogP contribution in [0.2, 0.25) is 5.02 Å². The molecule has 3 aromatic rings. The Morgan fingerprint density at radius 3 is 2.50 bits per heavy atom. The van der Waals surface area contributed by atoms with Crippen molar-refractivity contribution in [2.75, 3.05) is 44.2 Å². The Labute approximate surface area is 206 Å². The van der Waals surface area contributed by atoms with Crippen LogP contribution in [0.1, 0.15) is 48.8 Å². The van der Waals surface area contributed by atoms with Gasteiger partial charge in [-0.2, -0.15) is 0 Å². The summed E-state index contributed by atoms with van der Waals surface area (Å²) in [5, 5.41) is 10.3. The van der Waals surface area contributed by atoms with Crippen molar-refractivity contribution in [3.8, 4) is 5.69 Å². The van der Waals surface area contributed by atoms with E-state index in [4.69, 9.17) is 21.8 Å². The molecule has 1 aromatic carbocycles. The maximum atomic E-state index is 6.44. The summed E-state index contributed by atoms with van der Waals surface area (Å²) in [6.07, 6.45) is 6.63. The Balaban J connectivity index is 1.25. The van der Waals surface area contributed by atoms with E-state index in [0.29, 0.717) is 5.92 Å². The highest BCUT2D eigenvalue weighted by molar-refractivity contribution is 6.30. The molecular formula is C26H32ClN7. The number of rotatable bonds is 5. The summed E-state index contributed by atoms with van der Waals surface area (Å²) < 4.78 is 2.34. The van der Waals surface area contributed by atoms with Gasteiger partial charge < -0.3 is 9.80 Å². The van der Waals surface area contributed by atoms with Gasteiger partial charge in [-0.25, -0.2) is 4.98 Å². The zero-order chi connectivity index (χ0) is 22.9. The van der Waals surface area contributed by atoms with Crippen molar-refractivity contribution in [1.29, 1.82) is 0 Å². The predicted molar refractivity (Wildman–Crippen MR) is 135 cm³/mol. The molecular weight excluding hydrogens is 446 g/mol. The molecule has 5 heterocycles. The number of halogens is 1. The summed E-state index contributed by atoms with van der Waals surface area (Å²) in [4.78, 5) is 12.0. The summed E-state index contributed by atoms with van der Waals surface area (Å²) in [5.41, 5.74) is 2.45. The molecule has 2 fully saturated rings. The molecule has 0 N–H and O–H groups in total. The van der Waals surface area contributed by atoms with Gasteiger partial charge in [0.15, 0.2) is 5.82 Å². The van der Waals surface area contributed by atoms with Crippen LogP contribution in [0.15, 0.2) is 42.6 Å². The number of benzene rings is 1. The maximum absolute atomic E-state index is 6.44. The summed E-state index contributed by atoms with van der Waals surface area (Å²) in [6, 6.07) is 12.4. The van der Waals surface area contributed by atoms with Crippen LogP contribution in [0.5, 0.6) is 0 Å². The normalized spacial score (nSPS) is 19.7. The summed E-state index contributed by atoms with van der Waals surface area (Å²) in [7, 11) is 0. The lowest BCUT2D eigenvalue weighted by molar-refractivity contribution is 0.210. The number of likely N-dealkylation sites (tertiary alicyclic amines) is 1. The molecule has 8 heteroatoms. The van der Waals surface area contributed by atoms with Gasteiger partial charge >= 0.3 is 0 Å². The highest BCUT2D eigenvalue weighted by Gasteiger charge is 2.30. The molecule has 34 heavy (non-hydrogen) atoms. The maximum Gasteiger partial charge on any atom is 0.151 e. The third-order valence-electron chi connectivity index (χ3n) is 7.56. The Morgan fingerprint density at radius 2 is 1.71 bits per heavy atom. The highest BCUT2D eigenvalue weighted by atomic mass is 35.5. The van der Waals surface area contributed by atoms with E-state index in [1.54, 1.807) is 0 Å². The van der Waals surface area contributed by atoms with Gasteiger partial charge in [0.05, 0.1) is 12.2 Å². The standard InChI is InChI=1S/C26H32ClN7/c27-22-6-7-23-21(17-22)18-32(16-15-31-11-3-4-12-31)19-25-29-30-26(34(23)25)20-8-13-33(14-9-20)24-5-1-2-10-28-24/h1-2,5-7,10,17,20H,3-4,8-9,11-16,18-19H2. The molecule has 3 aliphatic heterocycles. The first-order valence-corrected chi connectivity index (χ1v) is 13.0. The van der Waals surface area contributed by atoms with E-state index >= 15 is 0 Å². The molecule has 0 radical (unpaired) electrons. The Kier molecular flexibility index (Phi) is 6.24. The van der Waals surface area contributed by atoms with Crippen LogP contribution in [0.4, 0.5) is 5.82 Å². The smallest absolute Gasteiger partial charge is 0.151 e. The largest absolute Gasteiger partial charge is 0.357 e. The van der Waals surface area contributed by atoms with Gasteiger partial charge in [0.25, 0.3) is 0 Å². The summed E-state index contributed by atoms with van der Waals surface area (Å²) >= 11 is 6.44. The third-order valence-corrected chi connectivity index (χ3v) is 7.80. The minimum atomic E-state index is 0.390. The van der Waals surface area contributed by atoms with Crippen LogP contribution in [-0.4, -0.2) is 68.8 Å². The van der Waals surface area contributed by atoms with Crippen molar-refractivity contribution in [2.45, 2.75) is 44.7 Å². The Hall–Kier alpha value is -2.48. The average molecular weight is 478 g/mol. The lowest BCUT2D eigenvalue weighted by Crippen LogP contribution is -2.34. The lowest BCUT2D eigenvalue weighted by Gasteiger charge is -2.32. The lowest BCUT2D eigenvalue weighted by atomic mass is 9.95. The van der Waals surface area contributed by atoms with Crippen molar-refractivity contribution < 1.29 is 0 Å². The van der Waals surface area contributed by atoms with Gasteiger partial charge in [-0.15, -0.1) is 10.2 Å². The molecule has 2 saturated heterocycles. The number of fused-ring (bicyclic) bond motifs is 3. The first-order valence-electron chi connectivity index (χ1n) is 12.6. The van der Waals surface area contributed by atoms with Gasteiger partial charge in [-0.05, 0) is 74.7 Å². The topological polar surface area (TPSA) is 53.3 Å². The van der Waals surface area contributed by atoms with Crippen LogP contribution in [0, 0.1) is 0 Å². The quantitative estimate of drug-likeness (QED) is 0.551. The third kappa shape index (κ3) is 4.44. The van der Waals surface area contributed by atoms with Crippen molar-refractivity contribution in [3.05, 3.63) is 64.8 Å². The monoisotopic (exact) mass is 477 g/mol. The van der Waals surface area contributed by atoms with Crippen molar-refractivity contribution in [3.63, 3.8) is 0 Å². The molecule has 6 rings (SSSR count). The van der Waals surface area contributed by atoms with E-state index in [-0.39, 0.29) is 0 Å². The predicted octanol–water partition coefficient (Wildman–Crippen LogP) is 4.11. The van der Waals surface area contributed by atoms with E-state index < -0.39 is 0 Å². The summed E-state index contributed by atoms with van der Waals surface area (Å²) in [5.74, 6) is 3.60. The minimum Gasteiger partial charge on any atom is -0.357 e. The summed E-state index contributed by atoms with van der Waals surface area (Å²) in [6.45, 7) is 8.30. The molecule has 0 spiro atoms. The van der Waals surface area contributed by atoms with Crippen molar-refractivity contribution in [1.82, 2.24) is 29.5 Å². The van der Waals surface area contributed by atoms with E-state index in [9.17, 15) is 0 Å². The number of piperidine rings is 1. The molecule has 178 valence electrons. The van der Waals surface area contributed by atoms with E-state index in [1.165, 1.54) is 37.2 Å². The molecule has 0 saturated carbocycles. The second-order valence-corrected chi connectivity index (χ2v) is 10.2. The fraction of sp³-hybridized carbons (Fsp3) is 0.500. The first kappa shape index (κ1) is 22.0. The van der Waals surface area contributed by atoms with E-state index in [1.807, 2.05) is 18.3 Å². The van der Waals surface area contributed by atoms with Crippen LogP contribution >= 0.6 is 11.6 Å². The van der Waals surface area contributed by atoms with Gasteiger partial charge in [-0.1, -0.05) is 17.7 Å².